The van der Waals surface area contributed by atoms with Gasteiger partial charge in [-0.05, 0) is 31.4 Å². The number of benzene rings is 1. The molecule has 17 heavy (non-hydrogen) atoms. The van der Waals surface area contributed by atoms with Gasteiger partial charge in [-0.25, -0.2) is 0 Å². The second-order valence-electron chi connectivity index (χ2n) is 4.19. The summed E-state index contributed by atoms with van der Waals surface area (Å²) in [5.41, 5.74) is 2.30. The molecule has 1 unspecified atom stereocenters. The summed E-state index contributed by atoms with van der Waals surface area (Å²) >= 11 is 0. The van der Waals surface area contributed by atoms with Gasteiger partial charge in [0.15, 0.2) is 6.10 Å². The van der Waals surface area contributed by atoms with Crippen molar-refractivity contribution < 1.29 is 9.53 Å². The molecular formula is C13H18N2O2. The Hall–Kier alpha value is -1.71. The van der Waals surface area contributed by atoms with Gasteiger partial charge in [-0.1, -0.05) is 12.1 Å². The van der Waals surface area contributed by atoms with Crippen LogP contribution in [0.4, 0.5) is 5.69 Å². The molecule has 1 aliphatic rings. The van der Waals surface area contributed by atoms with Crippen LogP contribution < -0.4 is 15.4 Å². The lowest BCUT2D eigenvalue weighted by atomic mass is 10.0. The van der Waals surface area contributed by atoms with E-state index >= 15 is 0 Å². The number of hydrogen-bond acceptors (Lipinski definition) is 3. The fourth-order valence-corrected chi connectivity index (χ4v) is 2.02. The van der Waals surface area contributed by atoms with Gasteiger partial charge in [0.25, 0.3) is 5.91 Å². The minimum Gasteiger partial charge on any atom is -0.479 e. The number of likely N-dealkylation sites (N-methyl/N-ethyl adjacent to an activating group) is 1. The van der Waals surface area contributed by atoms with Crippen LogP contribution in [0.3, 0.4) is 0 Å². The van der Waals surface area contributed by atoms with Crippen LogP contribution in [0.2, 0.25) is 0 Å². The summed E-state index contributed by atoms with van der Waals surface area (Å²) in [5.74, 6) is 0.650. The molecule has 0 fully saturated rings. The number of rotatable bonds is 3. The van der Waals surface area contributed by atoms with Gasteiger partial charge in [-0.2, -0.15) is 0 Å². The molecule has 0 saturated carbocycles. The normalized spacial score (nSPS) is 15.4. The summed E-state index contributed by atoms with van der Waals surface area (Å²) in [6, 6.07) is 5.97. The second-order valence-corrected chi connectivity index (χ2v) is 4.19. The lowest BCUT2D eigenvalue weighted by Gasteiger charge is -2.22. The van der Waals surface area contributed by atoms with E-state index in [-0.39, 0.29) is 5.91 Å². The van der Waals surface area contributed by atoms with E-state index in [0.717, 1.165) is 30.8 Å². The SMILES string of the molecule is CNC(=O)C(C)Oc1cccc2c1NCCC2. The van der Waals surface area contributed by atoms with Gasteiger partial charge in [0.05, 0.1) is 5.69 Å². The molecule has 0 radical (unpaired) electrons. The molecule has 92 valence electrons. The Bertz CT molecular complexity index is 418. The van der Waals surface area contributed by atoms with E-state index in [1.165, 1.54) is 5.56 Å². The minimum atomic E-state index is -0.477. The van der Waals surface area contributed by atoms with E-state index in [1.54, 1.807) is 14.0 Å². The Labute approximate surface area is 101 Å². The number of anilines is 1. The quantitative estimate of drug-likeness (QED) is 0.834. The number of para-hydroxylation sites is 1. The number of nitrogens with one attached hydrogen (secondary N) is 2. The van der Waals surface area contributed by atoms with Crippen LogP contribution in [-0.2, 0) is 11.2 Å². The molecular weight excluding hydrogens is 216 g/mol. The van der Waals surface area contributed by atoms with E-state index < -0.39 is 6.10 Å². The molecule has 1 aromatic rings. The molecule has 2 N–H and O–H groups in total. The maximum absolute atomic E-state index is 11.4. The van der Waals surface area contributed by atoms with Crippen molar-refractivity contribution in [1.29, 1.82) is 0 Å². The van der Waals surface area contributed by atoms with E-state index in [1.807, 2.05) is 12.1 Å². The second kappa shape index (κ2) is 5.08. The number of hydrogen-bond donors (Lipinski definition) is 2. The average Bonchev–Trinajstić information content (AvgIpc) is 2.38. The Morgan fingerprint density at radius 1 is 1.53 bits per heavy atom. The van der Waals surface area contributed by atoms with Crippen LogP contribution in [0.25, 0.3) is 0 Å². The van der Waals surface area contributed by atoms with Gasteiger partial charge in [0.1, 0.15) is 5.75 Å². The first-order valence-electron chi connectivity index (χ1n) is 5.96. The molecule has 0 aliphatic carbocycles. The Balaban J connectivity index is 2.18. The first-order valence-corrected chi connectivity index (χ1v) is 5.96. The van der Waals surface area contributed by atoms with Gasteiger partial charge in [-0.3, -0.25) is 4.79 Å². The van der Waals surface area contributed by atoms with Gasteiger partial charge in [-0.15, -0.1) is 0 Å². The van der Waals surface area contributed by atoms with Crippen molar-refractivity contribution in [1.82, 2.24) is 5.32 Å². The van der Waals surface area contributed by atoms with E-state index in [2.05, 4.69) is 16.7 Å². The molecule has 0 spiro atoms. The largest absolute Gasteiger partial charge is 0.479 e. The van der Waals surface area contributed by atoms with Crippen LogP contribution in [0.5, 0.6) is 5.75 Å². The molecule has 4 heteroatoms. The Morgan fingerprint density at radius 2 is 2.35 bits per heavy atom. The van der Waals surface area contributed by atoms with Crippen molar-refractivity contribution in [2.45, 2.75) is 25.9 Å². The number of carbonyl (C=O) groups is 1. The molecule has 0 bridgehead atoms. The third kappa shape index (κ3) is 2.52. The number of fused-ring (bicyclic) bond motifs is 1. The van der Waals surface area contributed by atoms with Crippen molar-refractivity contribution in [2.24, 2.45) is 0 Å². The molecule has 1 aliphatic heterocycles. The van der Waals surface area contributed by atoms with Crippen molar-refractivity contribution in [3.05, 3.63) is 23.8 Å². The van der Waals surface area contributed by atoms with Gasteiger partial charge >= 0.3 is 0 Å². The van der Waals surface area contributed by atoms with Crippen LogP contribution in [0, 0.1) is 0 Å². The third-order valence-electron chi connectivity index (χ3n) is 2.96. The van der Waals surface area contributed by atoms with Gasteiger partial charge in [0.2, 0.25) is 0 Å². The summed E-state index contributed by atoms with van der Waals surface area (Å²) in [4.78, 5) is 11.4. The monoisotopic (exact) mass is 234 g/mol. The summed E-state index contributed by atoms with van der Waals surface area (Å²) in [6.07, 6.45) is 1.73. The van der Waals surface area contributed by atoms with Crippen LogP contribution in [-0.4, -0.2) is 25.6 Å². The van der Waals surface area contributed by atoms with E-state index in [0.29, 0.717) is 0 Å². The lowest BCUT2D eigenvalue weighted by Crippen LogP contribution is -2.34. The zero-order valence-corrected chi connectivity index (χ0v) is 10.2. The highest BCUT2D eigenvalue weighted by molar-refractivity contribution is 5.80. The fraction of sp³-hybridized carbons (Fsp3) is 0.462. The maximum Gasteiger partial charge on any atom is 0.260 e. The fourth-order valence-electron chi connectivity index (χ4n) is 2.02. The van der Waals surface area contributed by atoms with Crippen LogP contribution in [0.1, 0.15) is 18.9 Å². The van der Waals surface area contributed by atoms with Crippen molar-refractivity contribution in [3.8, 4) is 5.75 Å². The minimum absolute atomic E-state index is 0.113. The number of amides is 1. The molecule has 1 aromatic carbocycles. The molecule has 1 amide bonds. The topological polar surface area (TPSA) is 50.4 Å². The molecule has 1 heterocycles. The third-order valence-corrected chi connectivity index (χ3v) is 2.96. The summed E-state index contributed by atoms with van der Waals surface area (Å²) in [6.45, 7) is 2.71. The summed E-state index contributed by atoms with van der Waals surface area (Å²) in [7, 11) is 1.61. The summed E-state index contributed by atoms with van der Waals surface area (Å²) in [5, 5.41) is 5.92. The van der Waals surface area contributed by atoms with Crippen LogP contribution >= 0.6 is 0 Å². The molecule has 2 rings (SSSR count). The molecule has 0 aromatic heterocycles. The lowest BCUT2D eigenvalue weighted by molar-refractivity contribution is -0.126. The Morgan fingerprint density at radius 3 is 3.12 bits per heavy atom. The standard InChI is InChI=1S/C13H18N2O2/c1-9(13(16)14-2)17-11-7-3-5-10-6-4-8-15-12(10)11/h3,5,7,9,15H,4,6,8H2,1-2H3,(H,14,16). The van der Waals surface area contributed by atoms with Crippen molar-refractivity contribution >= 4 is 11.6 Å². The predicted octanol–water partition coefficient (Wildman–Crippen LogP) is 1.56. The molecule has 0 saturated heterocycles. The summed E-state index contributed by atoms with van der Waals surface area (Å²) < 4.78 is 5.69. The first kappa shape index (κ1) is 11.8. The van der Waals surface area contributed by atoms with E-state index in [4.69, 9.17) is 4.74 Å². The zero-order chi connectivity index (χ0) is 12.3. The number of ether oxygens (including phenoxy) is 1. The highest BCUT2D eigenvalue weighted by Gasteiger charge is 2.18. The maximum atomic E-state index is 11.4. The van der Waals surface area contributed by atoms with Crippen molar-refractivity contribution in [3.63, 3.8) is 0 Å². The van der Waals surface area contributed by atoms with E-state index in [9.17, 15) is 4.79 Å². The number of aryl methyl sites for hydroxylation is 1. The highest BCUT2D eigenvalue weighted by atomic mass is 16.5. The Kier molecular flexibility index (Phi) is 3.52. The predicted molar refractivity (Wildman–Crippen MR) is 67.4 cm³/mol. The molecule has 1 atom stereocenters. The smallest absolute Gasteiger partial charge is 0.260 e. The molecule has 4 nitrogen and oxygen atoms in total. The van der Waals surface area contributed by atoms with Crippen LogP contribution in [0.15, 0.2) is 18.2 Å². The van der Waals surface area contributed by atoms with Crippen molar-refractivity contribution in [2.75, 3.05) is 18.9 Å². The first-order chi connectivity index (χ1) is 8.22. The zero-order valence-electron chi connectivity index (χ0n) is 10.2. The van der Waals surface area contributed by atoms with Gasteiger partial charge < -0.3 is 15.4 Å². The average molecular weight is 234 g/mol. The van der Waals surface area contributed by atoms with Gasteiger partial charge in [0, 0.05) is 13.6 Å². The number of carbonyl (C=O) groups excluding carboxylic acids is 1. The highest BCUT2D eigenvalue weighted by Crippen LogP contribution is 2.32.